The zero-order chi connectivity index (χ0) is 14.9. The van der Waals surface area contributed by atoms with E-state index in [-0.39, 0.29) is 11.7 Å². The molecule has 1 saturated heterocycles. The number of likely N-dealkylation sites (tertiary alicyclic amines) is 1. The van der Waals surface area contributed by atoms with Gasteiger partial charge in [0.1, 0.15) is 11.7 Å². The van der Waals surface area contributed by atoms with E-state index >= 15 is 0 Å². The van der Waals surface area contributed by atoms with Gasteiger partial charge < -0.3 is 10.6 Å². The van der Waals surface area contributed by atoms with E-state index in [1.807, 2.05) is 0 Å². The van der Waals surface area contributed by atoms with Crippen molar-refractivity contribution in [3.8, 4) is 0 Å². The predicted octanol–water partition coefficient (Wildman–Crippen LogP) is 1.49. The Labute approximate surface area is 119 Å². The van der Waals surface area contributed by atoms with Crippen molar-refractivity contribution in [2.75, 3.05) is 27.2 Å². The van der Waals surface area contributed by atoms with Crippen LogP contribution in [-0.2, 0) is 6.54 Å². The van der Waals surface area contributed by atoms with Crippen LogP contribution in [0.15, 0.2) is 18.2 Å². The van der Waals surface area contributed by atoms with Gasteiger partial charge in [-0.25, -0.2) is 4.39 Å². The van der Waals surface area contributed by atoms with E-state index in [1.165, 1.54) is 12.1 Å². The van der Waals surface area contributed by atoms with Gasteiger partial charge in [-0.1, -0.05) is 6.92 Å². The van der Waals surface area contributed by atoms with E-state index in [0.717, 1.165) is 18.7 Å². The number of rotatable bonds is 4. The third kappa shape index (κ3) is 3.35. The molecule has 2 rings (SSSR count). The average Bonchev–Trinajstić information content (AvgIpc) is 2.69. The third-order valence-corrected chi connectivity index (χ3v) is 3.99. The molecule has 5 heteroatoms. The molecule has 0 radical (unpaired) electrons. The minimum Gasteiger partial charge on any atom is -0.384 e. The second-order valence-electron chi connectivity index (χ2n) is 5.96. The highest BCUT2D eigenvalue weighted by Gasteiger charge is 2.30. The van der Waals surface area contributed by atoms with Gasteiger partial charge in [0, 0.05) is 31.2 Å². The fraction of sp³-hybridized carbons (Fsp3) is 0.533. The molecule has 0 spiro atoms. The summed E-state index contributed by atoms with van der Waals surface area (Å²) in [5, 5.41) is 7.42. The molecule has 1 fully saturated rings. The summed E-state index contributed by atoms with van der Waals surface area (Å²) in [7, 11) is 4.20. The molecule has 0 saturated carbocycles. The maximum Gasteiger partial charge on any atom is 0.124 e. The largest absolute Gasteiger partial charge is 0.384 e. The Morgan fingerprint density at radius 3 is 2.65 bits per heavy atom. The molecule has 1 aromatic carbocycles. The van der Waals surface area contributed by atoms with Gasteiger partial charge in [0.05, 0.1) is 0 Å². The molecule has 3 N–H and O–H groups in total. The molecular weight excluding hydrogens is 255 g/mol. The normalized spacial score (nSPS) is 23.4. The van der Waals surface area contributed by atoms with Crippen molar-refractivity contribution in [2.24, 2.45) is 11.7 Å². The molecule has 0 amide bonds. The maximum atomic E-state index is 13.6. The summed E-state index contributed by atoms with van der Waals surface area (Å²) in [6.07, 6.45) is 0. The summed E-state index contributed by atoms with van der Waals surface area (Å²) in [6.45, 7) is 4.94. The fourth-order valence-electron chi connectivity index (χ4n) is 3.00. The number of likely N-dealkylation sites (N-methyl/N-ethyl adjacent to an activating group) is 1. The van der Waals surface area contributed by atoms with Crippen molar-refractivity contribution in [3.63, 3.8) is 0 Å². The van der Waals surface area contributed by atoms with Gasteiger partial charge in [-0.2, -0.15) is 0 Å². The van der Waals surface area contributed by atoms with Crippen LogP contribution in [0.5, 0.6) is 0 Å². The molecule has 2 atom stereocenters. The van der Waals surface area contributed by atoms with Gasteiger partial charge >= 0.3 is 0 Å². The maximum absolute atomic E-state index is 13.6. The monoisotopic (exact) mass is 278 g/mol. The average molecular weight is 278 g/mol. The van der Waals surface area contributed by atoms with Crippen LogP contribution in [0, 0.1) is 17.1 Å². The lowest BCUT2D eigenvalue weighted by Crippen LogP contribution is -2.34. The molecule has 1 heterocycles. The molecule has 1 aliphatic rings. The number of nitrogen functional groups attached to an aromatic ring is 1. The first-order chi connectivity index (χ1) is 9.36. The first kappa shape index (κ1) is 14.9. The molecule has 20 heavy (non-hydrogen) atoms. The first-order valence-electron chi connectivity index (χ1n) is 6.89. The van der Waals surface area contributed by atoms with E-state index < -0.39 is 0 Å². The summed E-state index contributed by atoms with van der Waals surface area (Å²) in [4.78, 5) is 4.57. The Morgan fingerprint density at radius 2 is 2.10 bits per heavy atom. The lowest BCUT2D eigenvalue weighted by atomic mass is 10.1. The highest BCUT2D eigenvalue weighted by Crippen LogP contribution is 2.22. The number of hydrogen-bond acceptors (Lipinski definition) is 3. The quantitative estimate of drug-likeness (QED) is 0.648. The van der Waals surface area contributed by atoms with Gasteiger partial charge in [0.2, 0.25) is 0 Å². The lowest BCUT2D eigenvalue weighted by molar-refractivity contribution is 0.250. The number of benzene rings is 1. The van der Waals surface area contributed by atoms with E-state index in [9.17, 15) is 4.39 Å². The lowest BCUT2D eigenvalue weighted by Gasteiger charge is -2.22. The summed E-state index contributed by atoms with van der Waals surface area (Å²) in [5.41, 5.74) is 6.77. The molecule has 1 aliphatic heterocycles. The molecule has 0 aromatic heterocycles. The van der Waals surface area contributed by atoms with Crippen molar-refractivity contribution in [1.82, 2.24) is 9.80 Å². The SMILES string of the molecule is CC1CN(Cc2cc(F)cc(C(=N)N)c2)CC1N(C)C. The molecule has 4 nitrogen and oxygen atoms in total. The van der Waals surface area contributed by atoms with Crippen LogP contribution < -0.4 is 5.73 Å². The van der Waals surface area contributed by atoms with Gasteiger partial charge in [0.15, 0.2) is 0 Å². The summed E-state index contributed by atoms with van der Waals surface area (Å²) in [5.74, 6) is 0.182. The van der Waals surface area contributed by atoms with Gasteiger partial charge in [-0.05, 0) is 43.8 Å². The topological polar surface area (TPSA) is 56.4 Å². The van der Waals surface area contributed by atoms with Crippen molar-refractivity contribution in [3.05, 3.63) is 35.1 Å². The Balaban J connectivity index is 2.09. The Kier molecular flexibility index (Phi) is 4.40. The van der Waals surface area contributed by atoms with Crippen LogP contribution in [0.4, 0.5) is 4.39 Å². The fourth-order valence-corrected chi connectivity index (χ4v) is 3.00. The number of hydrogen-bond donors (Lipinski definition) is 2. The zero-order valence-corrected chi connectivity index (χ0v) is 12.4. The summed E-state index contributed by atoms with van der Waals surface area (Å²) >= 11 is 0. The zero-order valence-electron chi connectivity index (χ0n) is 12.4. The Hall–Kier alpha value is -1.46. The number of halogens is 1. The van der Waals surface area contributed by atoms with E-state index in [0.29, 0.717) is 24.1 Å². The molecule has 0 aliphatic carbocycles. The van der Waals surface area contributed by atoms with Crippen molar-refractivity contribution < 1.29 is 4.39 Å². The van der Waals surface area contributed by atoms with E-state index in [1.54, 1.807) is 6.07 Å². The van der Waals surface area contributed by atoms with E-state index in [2.05, 4.69) is 30.8 Å². The van der Waals surface area contributed by atoms with Crippen LogP contribution in [-0.4, -0.2) is 48.9 Å². The minimum atomic E-state index is -0.330. The summed E-state index contributed by atoms with van der Waals surface area (Å²) < 4.78 is 13.6. The third-order valence-electron chi connectivity index (χ3n) is 3.99. The van der Waals surface area contributed by atoms with Crippen molar-refractivity contribution >= 4 is 5.84 Å². The number of nitrogens with zero attached hydrogens (tertiary/aromatic N) is 2. The van der Waals surface area contributed by atoms with E-state index in [4.69, 9.17) is 11.1 Å². The molecule has 110 valence electrons. The van der Waals surface area contributed by atoms with Gasteiger partial charge in [-0.3, -0.25) is 10.3 Å². The van der Waals surface area contributed by atoms with Crippen LogP contribution in [0.1, 0.15) is 18.1 Å². The first-order valence-corrected chi connectivity index (χ1v) is 6.89. The molecule has 1 aromatic rings. The van der Waals surface area contributed by atoms with Crippen LogP contribution in [0.25, 0.3) is 0 Å². The van der Waals surface area contributed by atoms with Crippen molar-refractivity contribution in [1.29, 1.82) is 5.41 Å². The highest BCUT2D eigenvalue weighted by atomic mass is 19.1. The van der Waals surface area contributed by atoms with Crippen LogP contribution >= 0.6 is 0 Å². The highest BCUT2D eigenvalue weighted by molar-refractivity contribution is 5.95. The van der Waals surface area contributed by atoms with Crippen LogP contribution in [0.3, 0.4) is 0 Å². The molecule has 0 bridgehead atoms. The smallest absolute Gasteiger partial charge is 0.124 e. The number of nitrogens with one attached hydrogen (secondary N) is 1. The number of amidine groups is 1. The number of nitrogens with two attached hydrogens (primary N) is 1. The minimum absolute atomic E-state index is 0.0910. The Bertz CT molecular complexity index is 501. The predicted molar refractivity (Wildman–Crippen MR) is 79.3 cm³/mol. The standard InChI is InChI=1S/C15H23FN4/c1-10-7-20(9-14(10)19(2)3)8-11-4-12(15(17)18)6-13(16)5-11/h4-6,10,14H,7-9H2,1-3H3,(H3,17,18). The van der Waals surface area contributed by atoms with Crippen LogP contribution in [0.2, 0.25) is 0 Å². The Morgan fingerprint density at radius 1 is 1.40 bits per heavy atom. The molecule has 2 unspecified atom stereocenters. The van der Waals surface area contributed by atoms with Crippen molar-refractivity contribution in [2.45, 2.75) is 19.5 Å². The summed E-state index contributed by atoms with van der Waals surface area (Å²) in [6, 6.07) is 5.18. The second-order valence-corrected chi connectivity index (χ2v) is 5.96. The molecular formula is C15H23FN4. The van der Waals surface area contributed by atoms with Gasteiger partial charge in [-0.15, -0.1) is 0 Å². The van der Waals surface area contributed by atoms with Gasteiger partial charge in [0.25, 0.3) is 0 Å². The second kappa shape index (κ2) is 5.89.